The van der Waals surface area contributed by atoms with Crippen LogP contribution in [0.5, 0.6) is 0 Å². The number of ether oxygens (including phenoxy) is 1. The number of esters is 1. The van der Waals surface area contributed by atoms with Crippen molar-refractivity contribution in [1.82, 2.24) is 4.90 Å². The Hall–Kier alpha value is -3.08. The van der Waals surface area contributed by atoms with Crippen molar-refractivity contribution < 1.29 is 35.9 Å². The standard InChI is InChI=1S/C21H23F3N2O5S/c1-20(2,3)31-18(27)13-26(4)19(28)14-8-10-17(11-9-14)32(29,30)25-16-7-5-6-15(12-16)21(22,23)24/h5-12,25H,13H2,1-4H3. The highest BCUT2D eigenvalue weighted by molar-refractivity contribution is 7.92. The lowest BCUT2D eigenvalue weighted by Crippen LogP contribution is -2.36. The first-order chi connectivity index (χ1) is 14.6. The van der Waals surface area contributed by atoms with Gasteiger partial charge in [0, 0.05) is 18.3 Å². The van der Waals surface area contributed by atoms with Gasteiger partial charge in [-0.3, -0.25) is 14.3 Å². The van der Waals surface area contributed by atoms with Gasteiger partial charge in [-0.25, -0.2) is 8.42 Å². The third kappa shape index (κ3) is 6.98. The number of alkyl halides is 3. The lowest BCUT2D eigenvalue weighted by atomic mass is 10.2. The molecule has 1 N–H and O–H groups in total. The first-order valence-corrected chi connectivity index (χ1v) is 10.8. The van der Waals surface area contributed by atoms with E-state index < -0.39 is 39.2 Å². The summed E-state index contributed by atoms with van der Waals surface area (Å²) < 4.78 is 70.7. The van der Waals surface area contributed by atoms with Gasteiger partial charge in [0.2, 0.25) is 0 Å². The predicted molar refractivity (Wildman–Crippen MR) is 112 cm³/mol. The number of nitrogens with one attached hydrogen (secondary N) is 1. The number of anilines is 1. The SMILES string of the molecule is CN(CC(=O)OC(C)(C)C)C(=O)c1ccc(S(=O)(=O)Nc2cccc(C(F)(F)F)c2)cc1. The summed E-state index contributed by atoms with van der Waals surface area (Å²) in [6.45, 7) is 4.78. The number of sulfonamides is 1. The Kier molecular flexibility index (Phi) is 7.23. The molecule has 0 aliphatic carbocycles. The minimum absolute atomic E-state index is 0.120. The minimum Gasteiger partial charge on any atom is -0.459 e. The number of carbonyl (C=O) groups is 2. The number of rotatable bonds is 6. The zero-order valence-electron chi connectivity index (χ0n) is 17.9. The van der Waals surface area contributed by atoms with E-state index in [1.54, 1.807) is 20.8 Å². The molecule has 0 aromatic heterocycles. The highest BCUT2D eigenvalue weighted by atomic mass is 32.2. The molecule has 174 valence electrons. The van der Waals surface area contributed by atoms with E-state index in [0.717, 1.165) is 29.2 Å². The third-order valence-electron chi connectivity index (χ3n) is 3.99. The third-order valence-corrected chi connectivity index (χ3v) is 5.38. The second-order valence-corrected chi connectivity index (χ2v) is 9.64. The molecule has 0 aliphatic rings. The van der Waals surface area contributed by atoms with Crippen molar-refractivity contribution in [3.63, 3.8) is 0 Å². The van der Waals surface area contributed by atoms with Crippen LogP contribution >= 0.6 is 0 Å². The summed E-state index contributed by atoms with van der Waals surface area (Å²) in [6, 6.07) is 8.56. The quantitative estimate of drug-likeness (QED) is 0.644. The molecular weight excluding hydrogens is 449 g/mol. The van der Waals surface area contributed by atoms with E-state index in [1.807, 2.05) is 0 Å². The van der Waals surface area contributed by atoms with Crippen LogP contribution in [0.25, 0.3) is 0 Å². The van der Waals surface area contributed by atoms with Gasteiger partial charge in [-0.1, -0.05) is 6.07 Å². The van der Waals surface area contributed by atoms with E-state index in [-0.39, 0.29) is 22.7 Å². The van der Waals surface area contributed by atoms with Gasteiger partial charge in [0.15, 0.2) is 0 Å². The van der Waals surface area contributed by atoms with Crippen LogP contribution in [0.15, 0.2) is 53.4 Å². The molecule has 0 heterocycles. The van der Waals surface area contributed by atoms with Gasteiger partial charge in [0.1, 0.15) is 12.1 Å². The van der Waals surface area contributed by atoms with E-state index >= 15 is 0 Å². The summed E-state index contributed by atoms with van der Waals surface area (Å²) in [5.41, 5.74) is -1.83. The van der Waals surface area contributed by atoms with Crippen LogP contribution < -0.4 is 4.72 Å². The highest BCUT2D eigenvalue weighted by Gasteiger charge is 2.30. The number of halogens is 3. The summed E-state index contributed by atoms with van der Waals surface area (Å²) >= 11 is 0. The molecule has 2 aromatic carbocycles. The van der Waals surface area contributed by atoms with Crippen LogP contribution in [0.1, 0.15) is 36.7 Å². The Balaban J connectivity index is 2.12. The Bertz CT molecular complexity index is 1090. The summed E-state index contributed by atoms with van der Waals surface area (Å²) in [5.74, 6) is -1.14. The van der Waals surface area contributed by atoms with Gasteiger partial charge in [0.05, 0.1) is 10.5 Å². The first-order valence-electron chi connectivity index (χ1n) is 9.36. The van der Waals surface area contributed by atoms with Crippen LogP contribution in [0.3, 0.4) is 0 Å². The molecule has 0 radical (unpaired) electrons. The smallest absolute Gasteiger partial charge is 0.416 e. The van der Waals surface area contributed by atoms with Crippen molar-refractivity contribution in [1.29, 1.82) is 0 Å². The van der Waals surface area contributed by atoms with Crippen molar-refractivity contribution in [2.45, 2.75) is 37.4 Å². The van der Waals surface area contributed by atoms with Gasteiger partial charge in [-0.15, -0.1) is 0 Å². The lowest BCUT2D eigenvalue weighted by molar-refractivity contribution is -0.155. The Morgan fingerprint density at radius 3 is 2.16 bits per heavy atom. The molecule has 0 spiro atoms. The fourth-order valence-corrected chi connectivity index (χ4v) is 3.66. The summed E-state index contributed by atoms with van der Waals surface area (Å²) in [4.78, 5) is 25.2. The maximum atomic E-state index is 12.8. The van der Waals surface area contributed by atoms with Crippen molar-refractivity contribution >= 4 is 27.6 Å². The zero-order chi connectivity index (χ0) is 24.3. The molecule has 0 saturated carbocycles. The molecule has 1 amide bonds. The molecule has 2 aromatic rings. The van der Waals surface area contributed by atoms with E-state index in [0.29, 0.717) is 6.07 Å². The average molecular weight is 472 g/mol. The predicted octanol–water partition coefficient (Wildman–Crippen LogP) is 3.92. The van der Waals surface area contributed by atoms with Gasteiger partial charge < -0.3 is 9.64 Å². The van der Waals surface area contributed by atoms with E-state index in [4.69, 9.17) is 4.74 Å². The number of hydrogen-bond donors (Lipinski definition) is 1. The van der Waals surface area contributed by atoms with Gasteiger partial charge in [-0.2, -0.15) is 13.2 Å². The van der Waals surface area contributed by atoms with Crippen molar-refractivity contribution in [2.75, 3.05) is 18.3 Å². The molecule has 11 heteroatoms. The van der Waals surface area contributed by atoms with Crippen LogP contribution in [0, 0.1) is 0 Å². The van der Waals surface area contributed by atoms with Crippen molar-refractivity contribution in [3.8, 4) is 0 Å². The second-order valence-electron chi connectivity index (χ2n) is 7.96. The lowest BCUT2D eigenvalue weighted by Gasteiger charge is -2.22. The largest absolute Gasteiger partial charge is 0.459 e. The molecule has 0 aliphatic heterocycles. The number of likely N-dealkylation sites (N-methyl/N-ethyl adjacent to an activating group) is 1. The average Bonchev–Trinajstić information content (AvgIpc) is 2.65. The van der Waals surface area contributed by atoms with E-state index in [1.165, 1.54) is 25.2 Å². The Morgan fingerprint density at radius 1 is 1.03 bits per heavy atom. The number of hydrogen-bond acceptors (Lipinski definition) is 5. The molecule has 7 nitrogen and oxygen atoms in total. The number of carbonyl (C=O) groups excluding carboxylic acids is 2. The minimum atomic E-state index is -4.62. The maximum absolute atomic E-state index is 12.8. The Morgan fingerprint density at radius 2 is 1.62 bits per heavy atom. The highest BCUT2D eigenvalue weighted by Crippen LogP contribution is 2.31. The molecular formula is C21H23F3N2O5S. The number of nitrogens with zero attached hydrogens (tertiary/aromatic N) is 1. The van der Waals surface area contributed by atoms with E-state index in [9.17, 15) is 31.2 Å². The molecule has 0 saturated heterocycles. The van der Waals surface area contributed by atoms with Crippen LogP contribution in [0.2, 0.25) is 0 Å². The molecule has 0 bridgehead atoms. The van der Waals surface area contributed by atoms with Crippen molar-refractivity contribution in [2.24, 2.45) is 0 Å². The van der Waals surface area contributed by atoms with Crippen LogP contribution in [-0.2, 0) is 25.7 Å². The van der Waals surface area contributed by atoms with Crippen molar-refractivity contribution in [3.05, 3.63) is 59.7 Å². The normalized spacial score (nSPS) is 12.2. The van der Waals surface area contributed by atoms with Gasteiger partial charge in [-0.05, 0) is 63.2 Å². The number of benzene rings is 2. The Labute approximate surface area is 184 Å². The van der Waals surface area contributed by atoms with Gasteiger partial charge >= 0.3 is 12.1 Å². The zero-order valence-corrected chi connectivity index (χ0v) is 18.7. The van der Waals surface area contributed by atoms with E-state index in [2.05, 4.69) is 4.72 Å². The van der Waals surface area contributed by atoms with Crippen LogP contribution in [-0.4, -0.2) is 44.4 Å². The van der Waals surface area contributed by atoms with Gasteiger partial charge in [0.25, 0.3) is 15.9 Å². The molecule has 0 unspecified atom stereocenters. The molecule has 0 fully saturated rings. The van der Waals surface area contributed by atoms with Crippen LogP contribution in [0.4, 0.5) is 18.9 Å². The topological polar surface area (TPSA) is 92.8 Å². The fraction of sp³-hybridized carbons (Fsp3) is 0.333. The summed E-state index contributed by atoms with van der Waals surface area (Å²) in [7, 11) is -2.80. The summed E-state index contributed by atoms with van der Waals surface area (Å²) in [5, 5.41) is 0. The first kappa shape index (κ1) is 25.2. The maximum Gasteiger partial charge on any atom is 0.416 e. The molecule has 2 rings (SSSR count). The fourth-order valence-electron chi connectivity index (χ4n) is 2.61. The molecule has 0 atom stereocenters. The number of amides is 1. The second kappa shape index (κ2) is 9.19. The monoisotopic (exact) mass is 472 g/mol. The summed E-state index contributed by atoms with van der Waals surface area (Å²) in [6.07, 6.45) is -4.62. The molecule has 32 heavy (non-hydrogen) atoms.